The number of hydrogen-bond donors (Lipinski definition) is 1. The van der Waals surface area contributed by atoms with Crippen LogP contribution in [0.4, 0.5) is 0 Å². The molecule has 1 fully saturated rings. The lowest BCUT2D eigenvalue weighted by Gasteiger charge is -2.31. The van der Waals surface area contributed by atoms with Crippen LogP contribution in [0.5, 0.6) is 0 Å². The van der Waals surface area contributed by atoms with Gasteiger partial charge < -0.3 is 14.1 Å². The zero-order valence-corrected chi connectivity index (χ0v) is 17.6. The highest BCUT2D eigenvalue weighted by Gasteiger charge is 2.25. The summed E-state index contributed by atoms with van der Waals surface area (Å²) < 4.78 is 12.7. The van der Waals surface area contributed by atoms with E-state index in [1.54, 1.807) is 18.9 Å². The molecule has 0 spiro atoms. The van der Waals surface area contributed by atoms with Gasteiger partial charge in [-0.3, -0.25) is 9.69 Å². The highest BCUT2D eigenvalue weighted by Crippen LogP contribution is 2.25. The molecule has 0 atom stereocenters. The fourth-order valence-corrected chi connectivity index (χ4v) is 4.20. The Morgan fingerprint density at radius 3 is 2.86 bits per heavy atom. The van der Waals surface area contributed by atoms with E-state index in [-0.39, 0.29) is 11.6 Å². The van der Waals surface area contributed by atoms with E-state index < -0.39 is 0 Å². The minimum atomic E-state index is -0.213. The topological polar surface area (TPSA) is 102 Å². The summed E-state index contributed by atoms with van der Waals surface area (Å²) in [5, 5.41) is 8.34. The van der Waals surface area contributed by atoms with E-state index in [2.05, 4.69) is 32.1 Å². The molecule has 10 heteroatoms. The van der Waals surface area contributed by atoms with Gasteiger partial charge in [-0.05, 0) is 30.7 Å². The highest BCUT2D eigenvalue weighted by atomic mass is 32.2. The van der Waals surface area contributed by atoms with Crippen molar-refractivity contribution in [1.29, 1.82) is 0 Å². The maximum Gasteiger partial charge on any atom is 0.281 e. The summed E-state index contributed by atoms with van der Waals surface area (Å²) in [5.41, 5.74) is 0.697. The van der Waals surface area contributed by atoms with Crippen LogP contribution in [0.15, 0.2) is 21.3 Å². The molecular weight excluding hydrogens is 392 g/mol. The number of aromatic amines is 1. The van der Waals surface area contributed by atoms with E-state index in [1.807, 2.05) is 16.8 Å². The van der Waals surface area contributed by atoms with Crippen LogP contribution >= 0.6 is 11.8 Å². The van der Waals surface area contributed by atoms with Gasteiger partial charge in [0.25, 0.3) is 5.56 Å². The van der Waals surface area contributed by atoms with Crippen molar-refractivity contribution in [2.45, 2.75) is 44.7 Å². The lowest BCUT2D eigenvalue weighted by Crippen LogP contribution is -2.34. The summed E-state index contributed by atoms with van der Waals surface area (Å²) in [5.74, 6) is 4.13. The molecule has 0 bridgehead atoms. The van der Waals surface area contributed by atoms with Crippen molar-refractivity contribution < 1.29 is 9.15 Å². The lowest BCUT2D eigenvalue weighted by molar-refractivity contribution is 0.148. The monoisotopic (exact) mass is 418 g/mol. The first-order chi connectivity index (χ1) is 14.2. The predicted molar refractivity (Wildman–Crippen MR) is 111 cm³/mol. The molecule has 4 heterocycles. The fourth-order valence-electron chi connectivity index (χ4n) is 3.67. The Morgan fingerprint density at radius 1 is 1.31 bits per heavy atom. The van der Waals surface area contributed by atoms with E-state index in [9.17, 15) is 4.79 Å². The maximum atomic E-state index is 12.3. The SMILES string of the molecule is CCSCc1nc2c(nnn2C2CCN(Cc3ccc(COC)o3)CC2)c(=O)[nH]1. The van der Waals surface area contributed by atoms with E-state index in [4.69, 9.17) is 9.15 Å². The summed E-state index contributed by atoms with van der Waals surface area (Å²) in [4.78, 5) is 22.1. The van der Waals surface area contributed by atoms with Crippen LogP contribution in [-0.4, -0.2) is 55.8 Å². The molecule has 0 radical (unpaired) electrons. The number of likely N-dealkylation sites (tertiary alicyclic amines) is 1. The molecule has 0 unspecified atom stereocenters. The lowest BCUT2D eigenvalue weighted by atomic mass is 10.1. The Hall–Kier alpha value is -2.17. The van der Waals surface area contributed by atoms with Crippen molar-refractivity contribution in [1.82, 2.24) is 29.9 Å². The van der Waals surface area contributed by atoms with Gasteiger partial charge in [-0.15, -0.1) is 5.10 Å². The zero-order chi connectivity index (χ0) is 20.2. The van der Waals surface area contributed by atoms with Gasteiger partial charge in [-0.1, -0.05) is 12.1 Å². The molecule has 0 aliphatic carbocycles. The van der Waals surface area contributed by atoms with Crippen molar-refractivity contribution >= 4 is 22.9 Å². The van der Waals surface area contributed by atoms with Gasteiger partial charge in [0.2, 0.25) is 0 Å². The van der Waals surface area contributed by atoms with Gasteiger partial charge >= 0.3 is 0 Å². The van der Waals surface area contributed by atoms with Gasteiger partial charge in [0.15, 0.2) is 11.2 Å². The number of nitrogens with one attached hydrogen (secondary N) is 1. The Labute approximate surface area is 172 Å². The largest absolute Gasteiger partial charge is 0.462 e. The van der Waals surface area contributed by atoms with E-state index in [0.717, 1.165) is 49.7 Å². The Kier molecular flexibility index (Phi) is 6.31. The normalized spacial score (nSPS) is 16.1. The van der Waals surface area contributed by atoms with Gasteiger partial charge in [0.05, 0.1) is 18.3 Å². The fraction of sp³-hybridized carbons (Fsp3) is 0.579. The first kappa shape index (κ1) is 20.1. The summed E-state index contributed by atoms with van der Waals surface area (Å²) in [6.45, 7) is 5.21. The van der Waals surface area contributed by atoms with Crippen LogP contribution in [0.25, 0.3) is 11.2 Å². The van der Waals surface area contributed by atoms with Crippen LogP contribution in [-0.2, 0) is 23.6 Å². The molecular formula is C19H26N6O3S. The van der Waals surface area contributed by atoms with Crippen LogP contribution in [0.3, 0.4) is 0 Å². The number of H-pyrrole nitrogens is 1. The van der Waals surface area contributed by atoms with Crippen LogP contribution < -0.4 is 5.56 Å². The summed E-state index contributed by atoms with van der Waals surface area (Å²) in [6.07, 6.45) is 1.86. The Morgan fingerprint density at radius 2 is 2.10 bits per heavy atom. The molecule has 0 saturated carbocycles. The van der Waals surface area contributed by atoms with E-state index >= 15 is 0 Å². The van der Waals surface area contributed by atoms with Gasteiger partial charge in [0.1, 0.15) is 24.0 Å². The third kappa shape index (κ3) is 4.54. The van der Waals surface area contributed by atoms with Crippen LogP contribution in [0.2, 0.25) is 0 Å². The number of methoxy groups -OCH3 is 1. The number of ether oxygens (including phenoxy) is 1. The maximum absolute atomic E-state index is 12.3. The Balaban J connectivity index is 1.43. The first-order valence-corrected chi connectivity index (χ1v) is 11.0. The summed E-state index contributed by atoms with van der Waals surface area (Å²) in [6, 6.07) is 4.17. The zero-order valence-electron chi connectivity index (χ0n) is 16.8. The van der Waals surface area contributed by atoms with Crippen molar-refractivity contribution in [3.63, 3.8) is 0 Å². The average molecular weight is 419 g/mol. The Bertz CT molecular complexity index is 1000. The molecule has 3 aromatic heterocycles. The molecule has 29 heavy (non-hydrogen) atoms. The molecule has 1 aliphatic heterocycles. The number of fused-ring (bicyclic) bond motifs is 1. The molecule has 3 aromatic rings. The third-order valence-corrected chi connectivity index (χ3v) is 6.00. The summed E-state index contributed by atoms with van der Waals surface area (Å²) in [7, 11) is 1.66. The molecule has 156 valence electrons. The molecule has 1 aliphatic rings. The van der Waals surface area contributed by atoms with E-state index in [0.29, 0.717) is 29.3 Å². The average Bonchev–Trinajstić information content (AvgIpc) is 3.35. The number of hydrogen-bond acceptors (Lipinski definition) is 8. The van der Waals surface area contributed by atoms with Gasteiger partial charge in [-0.25, -0.2) is 9.67 Å². The minimum Gasteiger partial charge on any atom is -0.462 e. The number of nitrogens with zero attached hydrogens (tertiary/aromatic N) is 5. The quantitative estimate of drug-likeness (QED) is 0.595. The second-order valence-corrected chi connectivity index (χ2v) is 8.44. The van der Waals surface area contributed by atoms with E-state index in [1.165, 1.54) is 0 Å². The molecule has 1 N–H and O–H groups in total. The van der Waals surface area contributed by atoms with Gasteiger partial charge in [-0.2, -0.15) is 11.8 Å². The second kappa shape index (κ2) is 9.10. The number of rotatable bonds is 8. The van der Waals surface area contributed by atoms with Crippen LogP contribution in [0, 0.1) is 0 Å². The first-order valence-electron chi connectivity index (χ1n) is 9.88. The van der Waals surface area contributed by atoms with Crippen LogP contribution in [0.1, 0.15) is 43.2 Å². The number of furan rings is 1. The minimum absolute atomic E-state index is 0.192. The second-order valence-electron chi connectivity index (χ2n) is 7.16. The molecule has 1 saturated heterocycles. The summed E-state index contributed by atoms with van der Waals surface area (Å²) >= 11 is 1.72. The highest BCUT2D eigenvalue weighted by molar-refractivity contribution is 7.98. The standard InChI is InChI=1S/C19H26N6O3S/c1-3-29-12-16-20-18-17(19(26)21-16)22-23-25(18)13-6-8-24(9-7-13)10-14-4-5-15(28-14)11-27-2/h4-5,13H,3,6-12H2,1-2H3,(H,20,21,26). The van der Waals surface area contributed by atoms with Crippen molar-refractivity contribution in [2.75, 3.05) is 26.0 Å². The third-order valence-electron chi connectivity index (χ3n) is 5.11. The predicted octanol–water partition coefficient (Wildman–Crippen LogP) is 2.34. The number of aromatic nitrogens is 5. The van der Waals surface area contributed by atoms with Crippen molar-refractivity contribution in [3.05, 3.63) is 39.8 Å². The van der Waals surface area contributed by atoms with Crippen molar-refractivity contribution in [2.24, 2.45) is 0 Å². The number of piperidine rings is 1. The van der Waals surface area contributed by atoms with Gasteiger partial charge in [0, 0.05) is 20.2 Å². The molecule has 0 amide bonds. The van der Waals surface area contributed by atoms with Crippen molar-refractivity contribution in [3.8, 4) is 0 Å². The number of thioether (sulfide) groups is 1. The molecule has 9 nitrogen and oxygen atoms in total. The smallest absolute Gasteiger partial charge is 0.281 e. The molecule has 0 aromatic carbocycles. The molecule has 4 rings (SSSR count).